The summed E-state index contributed by atoms with van der Waals surface area (Å²) in [6.07, 6.45) is 2.29. The van der Waals surface area contributed by atoms with E-state index in [1.165, 1.54) is 84.0 Å². The van der Waals surface area contributed by atoms with Gasteiger partial charge in [-0.25, -0.2) is 0 Å². The summed E-state index contributed by atoms with van der Waals surface area (Å²) in [5, 5.41) is 1.16. The van der Waals surface area contributed by atoms with Crippen LogP contribution in [0.2, 0.25) is 0 Å². The molecule has 1 unspecified atom stereocenters. The van der Waals surface area contributed by atoms with Gasteiger partial charge in [-0.2, -0.15) is 0 Å². The molecule has 10 rings (SSSR count). The van der Waals surface area contributed by atoms with Crippen molar-refractivity contribution in [2.75, 3.05) is 9.80 Å². The molecule has 3 nitrogen and oxygen atoms in total. The van der Waals surface area contributed by atoms with Gasteiger partial charge in [-0.05, 0) is 129 Å². The Hall–Kier alpha value is -4.70. The Kier molecular flexibility index (Phi) is 6.39. The number of benzene rings is 5. The molecular weight excluding hydrogens is 643 g/mol. The fourth-order valence-corrected chi connectivity index (χ4v) is 10.4. The molecule has 266 valence electrons. The molecule has 0 N–H and O–H groups in total. The Bertz CT molecular complexity index is 2580. The minimum Gasteiger partial charge on any atom is -0.468 e. The summed E-state index contributed by atoms with van der Waals surface area (Å²) >= 11 is 0. The lowest BCUT2D eigenvalue weighted by Gasteiger charge is -2.54. The molecule has 1 atom stereocenters. The van der Waals surface area contributed by atoms with E-state index in [0.29, 0.717) is 0 Å². The van der Waals surface area contributed by atoms with Gasteiger partial charge in [0.1, 0.15) is 5.58 Å². The van der Waals surface area contributed by atoms with Crippen molar-refractivity contribution in [3.63, 3.8) is 0 Å². The molecule has 5 aromatic carbocycles. The summed E-state index contributed by atoms with van der Waals surface area (Å²) in [5.41, 5.74) is 22.1. The summed E-state index contributed by atoms with van der Waals surface area (Å²) in [5.74, 6) is 0. The lowest BCUT2D eigenvalue weighted by Crippen LogP contribution is -2.62. The number of hydrogen-bond donors (Lipinski definition) is 0. The number of rotatable bonds is 1. The minimum absolute atomic E-state index is 0.0327. The zero-order valence-electron chi connectivity index (χ0n) is 33.4. The molecule has 0 bridgehead atoms. The second-order valence-corrected chi connectivity index (χ2v) is 19.5. The van der Waals surface area contributed by atoms with Gasteiger partial charge in [0.05, 0.1) is 17.0 Å². The molecule has 3 aliphatic heterocycles. The van der Waals surface area contributed by atoms with Gasteiger partial charge in [-0.15, -0.1) is 0 Å². The molecule has 4 heteroatoms. The van der Waals surface area contributed by atoms with Crippen LogP contribution in [0.4, 0.5) is 34.1 Å². The summed E-state index contributed by atoms with van der Waals surface area (Å²) in [6, 6.07) is 33.0. The van der Waals surface area contributed by atoms with Gasteiger partial charge in [0.25, 0.3) is 6.71 Å². The van der Waals surface area contributed by atoms with Gasteiger partial charge in [-0.1, -0.05) is 111 Å². The zero-order valence-corrected chi connectivity index (χ0v) is 33.4. The van der Waals surface area contributed by atoms with Crippen LogP contribution < -0.4 is 26.4 Å². The van der Waals surface area contributed by atoms with Crippen molar-refractivity contribution >= 4 is 68.4 Å². The number of aryl methyl sites for hydroxylation is 2. The molecule has 0 spiro atoms. The fraction of sp³-hybridized carbons (Fsp3) is 0.347. The van der Waals surface area contributed by atoms with Crippen LogP contribution >= 0.6 is 0 Å². The van der Waals surface area contributed by atoms with E-state index in [-0.39, 0.29) is 28.4 Å². The summed E-state index contributed by atoms with van der Waals surface area (Å²) < 4.78 is 7.15. The highest BCUT2D eigenvalue weighted by Crippen LogP contribution is 2.61. The SMILES string of the molecule is Cc1cc2c3c(c1)N(c1ccc(C(C)(C)C)cc1C)c1c(oc4ccccc14)B3c1ccc3c4c1N2c1ccc(C(C)(C)C)cc1C4(C)CCC3(C)C. The normalized spacial score (nSPS) is 19.2. The average molecular weight is 695 g/mol. The minimum atomic E-state index is -0.100. The third-order valence-corrected chi connectivity index (χ3v) is 13.4. The van der Waals surface area contributed by atoms with Crippen LogP contribution in [0.25, 0.3) is 11.0 Å². The first-order chi connectivity index (χ1) is 25.0. The summed E-state index contributed by atoms with van der Waals surface area (Å²) in [4.78, 5) is 5.21. The highest BCUT2D eigenvalue weighted by atomic mass is 16.3. The molecule has 1 aromatic heterocycles. The predicted molar refractivity (Wildman–Crippen MR) is 226 cm³/mol. The average Bonchev–Trinajstić information content (AvgIpc) is 3.48. The molecule has 0 saturated heterocycles. The molecule has 0 amide bonds. The van der Waals surface area contributed by atoms with E-state index in [0.717, 1.165) is 29.5 Å². The van der Waals surface area contributed by atoms with Crippen molar-refractivity contribution in [2.24, 2.45) is 0 Å². The maximum absolute atomic E-state index is 7.15. The number of furan rings is 1. The summed E-state index contributed by atoms with van der Waals surface area (Å²) in [7, 11) is 0. The van der Waals surface area contributed by atoms with E-state index < -0.39 is 0 Å². The van der Waals surface area contributed by atoms with Crippen molar-refractivity contribution in [3.05, 3.63) is 124 Å². The first-order valence-corrected chi connectivity index (χ1v) is 19.7. The van der Waals surface area contributed by atoms with Crippen LogP contribution in [0.1, 0.15) is 114 Å². The molecule has 0 radical (unpaired) electrons. The third kappa shape index (κ3) is 4.30. The quantitative estimate of drug-likeness (QED) is 0.160. The van der Waals surface area contributed by atoms with Crippen LogP contribution in [0, 0.1) is 13.8 Å². The van der Waals surface area contributed by atoms with E-state index >= 15 is 0 Å². The number of fused-ring (bicyclic) bond motifs is 9. The lowest BCUT2D eigenvalue weighted by molar-refractivity contribution is 0.348. The Morgan fingerprint density at radius 3 is 1.96 bits per heavy atom. The van der Waals surface area contributed by atoms with Crippen molar-refractivity contribution < 1.29 is 4.42 Å². The Morgan fingerprint density at radius 1 is 0.642 bits per heavy atom. The van der Waals surface area contributed by atoms with Crippen molar-refractivity contribution in [3.8, 4) is 0 Å². The van der Waals surface area contributed by atoms with Crippen molar-refractivity contribution in [1.82, 2.24) is 0 Å². The van der Waals surface area contributed by atoms with Gasteiger partial charge >= 0.3 is 0 Å². The smallest absolute Gasteiger partial charge is 0.297 e. The van der Waals surface area contributed by atoms with Crippen LogP contribution in [0.5, 0.6) is 0 Å². The first kappa shape index (κ1) is 32.9. The van der Waals surface area contributed by atoms with Gasteiger partial charge < -0.3 is 14.2 Å². The second kappa shape index (κ2) is 10.3. The second-order valence-electron chi connectivity index (χ2n) is 19.5. The van der Waals surface area contributed by atoms with Crippen LogP contribution in [0.15, 0.2) is 89.3 Å². The van der Waals surface area contributed by atoms with E-state index in [4.69, 9.17) is 4.42 Å². The van der Waals surface area contributed by atoms with Gasteiger partial charge in [-0.3, -0.25) is 0 Å². The number of nitrogens with zero attached hydrogens (tertiary/aromatic N) is 2. The lowest BCUT2D eigenvalue weighted by atomic mass is 9.34. The van der Waals surface area contributed by atoms with Crippen molar-refractivity contribution in [1.29, 1.82) is 0 Å². The maximum Gasteiger partial charge on any atom is 0.297 e. The van der Waals surface area contributed by atoms with Crippen molar-refractivity contribution in [2.45, 2.75) is 111 Å². The highest BCUT2D eigenvalue weighted by molar-refractivity contribution is 7.00. The van der Waals surface area contributed by atoms with E-state index in [2.05, 4.69) is 171 Å². The van der Waals surface area contributed by atoms with Gasteiger partial charge in [0.2, 0.25) is 0 Å². The highest BCUT2D eigenvalue weighted by Gasteiger charge is 2.54. The van der Waals surface area contributed by atoms with E-state index in [1.54, 1.807) is 0 Å². The molecule has 4 aliphatic rings. The van der Waals surface area contributed by atoms with Crippen LogP contribution in [-0.4, -0.2) is 6.71 Å². The van der Waals surface area contributed by atoms with Gasteiger partial charge in [0.15, 0.2) is 0 Å². The summed E-state index contributed by atoms with van der Waals surface area (Å²) in [6.45, 7) is 25.9. The molecule has 6 aromatic rings. The van der Waals surface area contributed by atoms with Crippen LogP contribution in [-0.2, 0) is 21.7 Å². The predicted octanol–water partition coefficient (Wildman–Crippen LogP) is 11.4. The van der Waals surface area contributed by atoms with E-state index in [1.807, 2.05) is 0 Å². The molecule has 0 saturated carbocycles. The molecule has 1 aliphatic carbocycles. The monoisotopic (exact) mass is 694 g/mol. The Labute approximate surface area is 316 Å². The molecule has 53 heavy (non-hydrogen) atoms. The van der Waals surface area contributed by atoms with Gasteiger partial charge in [0, 0.05) is 33.6 Å². The molecular formula is C49H51BN2O. The Morgan fingerprint density at radius 2 is 1.28 bits per heavy atom. The number of para-hydroxylation sites is 1. The van der Waals surface area contributed by atoms with Crippen LogP contribution in [0.3, 0.4) is 0 Å². The largest absolute Gasteiger partial charge is 0.468 e. The topological polar surface area (TPSA) is 19.6 Å². The molecule has 4 heterocycles. The standard InChI is InChI=1S/C49H51BN2O/c1-28-24-38-42-39(25-28)52-37-21-17-31(47(6,7)8)27-34(37)49(11)23-22-48(9,10)33-18-19-35(44(52)41(33)49)50(42)45-43(32-14-12-13-15-40(32)53-45)51(38)36-20-16-30(26-29(36)2)46(3,4)5/h12-21,24-27H,22-23H2,1-11H3. The first-order valence-electron chi connectivity index (χ1n) is 19.7. The number of hydrogen-bond acceptors (Lipinski definition) is 3. The maximum atomic E-state index is 7.15. The fourth-order valence-electron chi connectivity index (χ4n) is 10.4. The third-order valence-electron chi connectivity index (χ3n) is 13.4. The number of anilines is 6. The Balaban J connectivity index is 1.34. The molecule has 0 fully saturated rings. The van der Waals surface area contributed by atoms with E-state index in [9.17, 15) is 0 Å². The zero-order chi connectivity index (χ0) is 37.1.